The molecule has 0 atom stereocenters. The third-order valence-electron chi connectivity index (χ3n) is 3.51. The van der Waals surface area contributed by atoms with Gasteiger partial charge >= 0.3 is 0 Å². The minimum atomic E-state index is -3.46. The number of anilines is 1. The summed E-state index contributed by atoms with van der Waals surface area (Å²) >= 11 is 0. The summed E-state index contributed by atoms with van der Waals surface area (Å²) in [5.74, 6) is -0.412. The van der Waals surface area contributed by atoms with E-state index in [4.69, 9.17) is 0 Å². The van der Waals surface area contributed by atoms with Crippen LogP contribution in [0.3, 0.4) is 0 Å². The average molecular weight is 317 g/mol. The smallest absolute Gasteiger partial charge is 0.257 e. The van der Waals surface area contributed by atoms with Crippen LogP contribution in [0.15, 0.2) is 47.4 Å². The van der Waals surface area contributed by atoms with E-state index in [1.54, 1.807) is 12.1 Å². The van der Waals surface area contributed by atoms with Crippen molar-refractivity contribution in [2.24, 2.45) is 0 Å². The molecule has 0 spiro atoms. The van der Waals surface area contributed by atoms with Crippen LogP contribution in [0, 0.1) is 6.92 Å². The molecule has 0 heterocycles. The fourth-order valence-corrected chi connectivity index (χ4v) is 3.25. The molecular formula is C17H19NO3S. The lowest BCUT2D eigenvalue weighted by atomic mass is 10.1. The number of amides is 1. The number of para-hydroxylation sites is 1. The molecule has 0 aliphatic carbocycles. The van der Waals surface area contributed by atoms with Crippen LogP contribution in [0.1, 0.15) is 28.4 Å². The lowest BCUT2D eigenvalue weighted by Gasteiger charge is -2.14. The maximum atomic E-state index is 12.5. The maximum Gasteiger partial charge on any atom is 0.257 e. The fraction of sp³-hybridized carbons (Fsp3) is 0.235. The number of nitrogens with one attached hydrogen (secondary N) is 1. The lowest BCUT2D eigenvalue weighted by Crippen LogP contribution is -2.17. The Bertz CT molecular complexity index is 810. The molecule has 0 saturated carbocycles. The molecule has 0 aliphatic heterocycles. The zero-order valence-electron chi connectivity index (χ0n) is 12.9. The van der Waals surface area contributed by atoms with E-state index in [1.807, 2.05) is 32.0 Å². The van der Waals surface area contributed by atoms with Crippen molar-refractivity contribution in [2.45, 2.75) is 25.2 Å². The first kappa shape index (κ1) is 16.2. The predicted octanol–water partition coefficient (Wildman–Crippen LogP) is 3.21. The van der Waals surface area contributed by atoms with Crippen molar-refractivity contribution in [1.29, 1.82) is 0 Å². The topological polar surface area (TPSA) is 63.2 Å². The molecule has 0 aromatic heterocycles. The van der Waals surface area contributed by atoms with Crippen LogP contribution in [0.25, 0.3) is 0 Å². The van der Waals surface area contributed by atoms with E-state index in [1.165, 1.54) is 12.1 Å². The van der Waals surface area contributed by atoms with Gasteiger partial charge in [0.25, 0.3) is 5.91 Å². The second-order valence-electron chi connectivity index (χ2n) is 5.19. The van der Waals surface area contributed by atoms with E-state index in [-0.39, 0.29) is 10.5 Å². The standard InChI is InChI=1S/C17H19NO3S/c1-4-13-9-7-8-12(2)16(13)18-17(19)14-10-5-6-11-15(14)22(3,20)21/h5-11H,4H2,1-3H3,(H,18,19). The molecule has 0 saturated heterocycles. The van der Waals surface area contributed by atoms with Crippen molar-refractivity contribution in [1.82, 2.24) is 0 Å². The molecule has 5 heteroatoms. The quantitative estimate of drug-likeness (QED) is 0.942. The summed E-state index contributed by atoms with van der Waals surface area (Å²) in [6, 6.07) is 12.0. The van der Waals surface area contributed by atoms with Gasteiger partial charge in [0, 0.05) is 11.9 Å². The Balaban J connectivity index is 2.44. The second-order valence-corrected chi connectivity index (χ2v) is 7.17. The molecule has 22 heavy (non-hydrogen) atoms. The van der Waals surface area contributed by atoms with Crippen LogP contribution in [0.5, 0.6) is 0 Å². The molecule has 2 aromatic rings. The van der Waals surface area contributed by atoms with Crippen LogP contribution in [0.4, 0.5) is 5.69 Å². The van der Waals surface area contributed by atoms with E-state index in [2.05, 4.69) is 5.32 Å². The number of carbonyl (C=O) groups is 1. The predicted molar refractivity (Wildman–Crippen MR) is 88.1 cm³/mol. The highest BCUT2D eigenvalue weighted by molar-refractivity contribution is 7.90. The first-order chi connectivity index (χ1) is 10.3. The number of carbonyl (C=O) groups excluding carboxylic acids is 1. The minimum absolute atomic E-state index is 0.0409. The molecule has 0 radical (unpaired) electrons. The molecule has 0 unspecified atom stereocenters. The Kier molecular flexibility index (Phi) is 4.66. The largest absolute Gasteiger partial charge is 0.321 e. The summed E-state index contributed by atoms with van der Waals surface area (Å²) < 4.78 is 23.6. The van der Waals surface area contributed by atoms with E-state index in [0.717, 1.165) is 29.5 Å². The summed E-state index contributed by atoms with van der Waals surface area (Å²) in [7, 11) is -3.46. The highest BCUT2D eigenvalue weighted by atomic mass is 32.2. The molecule has 2 rings (SSSR count). The van der Waals surface area contributed by atoms with E-state index < -0.39 is 15.7 Å². The molecular weight excluding hydrogens is 298 g/mol. The normalized spacial score (nSPS) is 11.2. The Hall–Kier alpha value is -2.14. The molecule has 1 N–H and O–H groups in total. The number of hydrogen-bond acceptors (Lipinski definition) is 3. The number of hydrogen-bond donors (Lipinski definition) is 1. The number of sulfone groups is 1. The van der Waals surface area contributed by atoms with E-state index in [9.17, 15) is 13.2 Å². The Morgan fingerprint density at radius 2 is 1.77 bits per heavy atom. The van der Waals surface area contributed by atoms with Gasteiger partial charge in [0.05, 0.1) is 10.5 Å². The first-order valence-corrected chi connectivity index (χ1v) is 8.92. The Labute approximate surface area is 131 Å². The zero-order chi connectivity index (χ0) is 16.3. The molecule has 2 aromatic carbocycles. The van der Waals surface area contributed by atoms with Gasteiger partial charge in [-0.25, -0.2) is 8.42 Å². The van der Waals surface area contributed by atoms with Crippen molar-refractivity contribution >= 4 is 21.4 Å². The van der Waals surface area contributed by atoms with Gasteiger partial charge in [-0.15, -0.1) is 0 Å². The van der Waals surface area contributed by atoms with Gasteiger partial charge in [0.1, 0.15) is 0 Å². The highest BCUT2D eigenvalue weighted by Gasteiger charge is 2.19. The molecule has 0 bridgehead atoms. The molecule has 1 amide bonds. The van der Waals surface area contributed by atoms with Crippen molar-refractivity contribution in [2.75, 3.05) is 11.6 Å². The minimum Gasteiger partial charge on any atom is -0.321 e. The van der Waals surface area contributed by atoms with Gasteiger partial charge in [-0.2, -0.15) is 0 Å². The third kappa shape index (κ3) is 3.36. The van der Waals surface area contributed by atoms with Crippen molar-refractivity contribution < 1.29 is 13.2 Å². The molecule has 4 nitrogen and oxygen atoms in total. The molecule has 116 valence electrons. The van der Waals surface area contributed by atoms with Gasteiger partial charge in [0.15, 0.2) is 9.84 Å². The first-order valence-electron chi connectivity index (χ1n) is 7.03. The third-order valence-corrected chi connectivity index (χ3v) is 4.66. The van der Waals surface area contributed by atoms with Crippen molar-refractivity contribution in [3.8, 4) is 0 Å². The van der Waals surface area contributed by atoms with Gasteiger partial charge in [0.2, 0.25) is 0 Å². The number of aryl methyl sites for hydroxylation is 2. The second kappa shape index (κ2) is 6.32. The van der Waals surface area contributed by atoms with Gasteiger partial charge in [-0.05, 0) is 36.6 Å². The maximum absolute atomic E-state index is 12.5. The van der Waals surface area contributed by atoms with Crippen molar-refractivity contribution in [3.63, 3.8) is 0 Å². The van der Waals surface area contributed by atoms with Gasteiger partial charge in [-0.3, -0.25) is 4.79 Å². The van der Waals surface area contributed by atoms with Crippen LogP contribution < -0.4 is 5.32 Å². The monoisotopic (exact) mass is 317 g/mol. The van der Waals surface area contributed by atoms with Crippen LogP contribution in [-0.4, -0.2) is 20.6 Å². The van der Waals surface area contributed by atoms with Crippen LogP contribution >= 0.6 is 0 Å². The Morgan fingerprint density at radius 3 is 2.41 bits per heavy atom. The van der Waals surface area contributed by atoms with Gasteiger partial charge in [-0.1, -0.05) is 37.3 Å². The summed E-state index contributed by atoms with van der Waals surface area (Å²) in [6.45, 7) is 3.92. The van der Waals surface area contributed by atoms with E-state index in [0.29, 0.717) is 0 Å². The fourth-order valence-electron chi connectivity index (χ4n) is 2.36. The molecule has 0 aliphatic rings. The summed E-state index contributed by atoms with van der Waals surface area (Å²) in [6.07, 6.45) is 1.88. The van der Waals surface area contributed by atoms with E-state index >= 15 is 0 Å². The summed E-state index contributed by atoms with van der Waals surface area (Å²) in [4.78, 5) is 12.6. The molecule has 0 fully saturated rings. The zero-order valence-corrected chi connectivity index (χ0v) is 13.7. The van der Waals surface area contributed by atoms with Crippen LogP contribution in [-0.2, 0) is 16.3 Å². The summed E-state index contributed by atoms with van der Waals surface area (Å²) in [5, 5.41) is 2.86. The number of benzene rings is 2. The number of rotatable bonds is 4. The Morgan fingerprint density at radius 1 is 1.09 bits per heavy atom. The lowest BCUT2D eigenvalue weighted by molar-refractivity contribution is 0.102. The SMILES string of the molecule is CCc1cccc(C)c1NC(=O)c1ccccc1S(C)(=O)=O. The highest BCUT2D eigenvalue weighted by Crippen LogP contribution is 2.23. The van der Waals surface area contributed by atoms with Crippen molar-refractivity contribution in [3.05, 3.63) is 59.2 Å². The average Bonchev–Trinajstić information content (AvgIpc) is 2.48. The van der Waals surface area contributed by atoms with Crippen LogP contribution in [0.2, 0.25) is 0 Å². The van der Waals surface area contributed by atoms with Gasteiger partial charge < -0.3 is 5.32 Å². The summed E-state index contributed by atoms with van der Waals surface area (Å²) in [5.41, 5.74) is 2.88.